The molecule has 0 spiro atoms. The molecule has 0 atom stereocenters. The van der Waals surface area contributed by atoms with Crippen LogP contribution in [0.25, 0.3) is 11.3 Å². The highest BCUT2D eigenvalue weighted by molar-refractivity contribution is 5.62. The van der Waals surface area contributed by atoms with E-state index in [0.717, 1.165) is 4.63 Å². The van der Waals surface area contributed by atoms with E-state index in [1.165, 1.54) is 29.2 Å². The first-order chi connectivity index (χ1) is 7.27. The molecule has 15 heavy (non-hydrogen) atoms. The minimum absolute atomic E-state index is 0.116. The van der Waals surface area contributed by atoms with Crippen molar-refractivity contribution in [2.75, 3.05) is 0 Å². The number of aromatic nitrogens is 5. The van der Waals surface area contributed by atoms with Gasteiger partial charge in [0.05, 0.1) is 6.07 Å². The highest BCUT2D eigenvalue weighted by Crippen LogP contribution is 2.06. The van der Waals surface area contributed by atoms with Crippen LogP contribution >= 0.6 is 0 Å². The Kier molecular flexibility index (Phi) is 1.31. The molecule has 0 saturated carbocycles. The van der Waals surface area contributed by atoms with E-state index in [-0.39, 0.29) is 5.82 Å². The molecule has 0 aliphatic carbocycles. The number of hydrogen-bond donors (Lipinski definition) is 0. The van der Waals surface area contributed by atoms with E-state index in [1.807, 2.05) is 0 Å². The Hall–Kier alpha value is -2.51. The van der Waals surface area contributed by atoms with Crippen LogP contribution in [0.15, 0.2) is 24.7 Å². The average molecular weight is 204 g/mol. The van der Waals surface area contributed by atoms with Crippen LogP contribution in [0.3, 0.4) is 0 Å². The summed E-state index contributed by atoms with van der Waals surface area (Å²) in [7, 11) is 0. The zero-order valence-corrected chi connectivity index (χ0v) is 7.31. The van der Waals surface area contributed by atoms with Crippen LogP contribution in [0.4, 0.5) is 5.82 Å². The van der Waals surface area contributed by atoms with E-state index >= 15 is 0 Å². The number of rotatable bonds is 1. The molecule has 0 aromatic carbocycles. The van der Waals surface area contributed by atoms with Gasteiger partial charge in [-0.25, -0.2) is 4.98 Å². The quantitative estimate of drug-likeness (QED) is 0.298. The minimum atomic E-state index is -0.508. The van der Waals surface area contributed by atoms with E-state index in [1.54, 1.807) is 0 Å². The smallest absolute Gasteiger partial charge is 0.361 e. The van der Waals surface area contributed by atoms with Crippen molar-refractivity contribution in [2.24, 2.45) is 0 Å². The summed E-state index contributed by atoms with van der Waals surface area (Å²) in [6.07, 6.45) is 4.53. The monoisotopic (exact) mass is 204 g/mol. The molecule has 0 radical (unpaired) electrons. The van der Waals surface area contributed by atoms with E-state index in [4.69, 9.17) is 0 Å². The molecular formula is C7H4N6O2. The maximum Gasteiger partial charge on any atom is 0.533 e. The summed E-state index contributed by atoms with van der Waals surface area (Å²) in [4.78, 5) is 18.1. The summed E-state index contributed by atoms with van der Waals surface area (Å²) >= 11 is 0. The highest BCUT2D eigenvalue weighted by atomic mass is 16.6. The van der Waals surface area contributed by atoms with Gasteiger partial charge >= 0.3 is 5.82 Å². The van der Waals surface area contributed by atoms with E-state index in [2.05, 4.69) is 15.1 Å². The van der Waals surface area contributed by atoms with Crippen LogP contribution < -0.4 is 9.73 Å². The van der Waals surface area contributed by atoms with Gasteiger partial charge in [0.15, 0.2) is 5.65 Å². The molecular weight excluding hydrogens is 200 g/mol. The van der Waals surface area contributed by atoms with Gasteiger partial charge in [0.1, 0.15) is 10.6 Å². The van der Waals surface area contributed by atoms with Gasteiger partial charge in [0, 0.05) is 17.0 Å². The third-order valence-electron chi connectivity index (χ3n) is 2.03. The first kappa shape index (κ1) is 7.85. The molecule has 0 aliphatic rings. The maximum absolute atomic E-state index is 10.6. The van der Waals surface area contributed by atoms with Gasteiger partial charge in [-0.2, -0.15) is 4.52 Å². The van der Waals surface area contributed by atoms with Crippen LogP contribution in [0.2, 0.25) is 0 Å². The summed E-state index contributed by atoms with van der Waals surface area (Å²) in [5.74, 6) is -0.116. The van der Waals surface area contributed by atoms with Crippen LogP contribution in [-0.4, -0.2) is 19.4 Å². The Labute approximate surface area is 81.9 Å². The molecule has 0 unspecified atom stereocenters. The van der Waals surface area contributed by atoms with Gasteiger partial charge in [-0.1, -0.05) is 5.10 Å². The second kappa shape index (κ2) is 2.50. The van der Waals surface area contributed by atoms with Crippen LogP contribution in [0, 0.1) is 10.1 Å². The first-order valence-electron chi connectivity index (χ1n) is 4.09. The summed E-state index contributed by atoms with van der Waals surface area (Å²) in [5.41, 5.74) is 0.867. The predicted octanol–water partition coefficient (Wildman–Crippen LogP) is -0.667. The summed E-state index contributed by atoms with van der Waals surface area (Å²) in [6.45, 7) is 0. The van der Waals surface area contributed by atoms with Crippen molar-refractivity contribution in [3.05, 3.63) is 34.8 Å². The lowest BCUT2D eigenvalue weighted by Gasteiger charge is -1.87. The molecule has 0 bridgehead atoms. The van der Waals surface area contributed by atoms with Gasteiger partial charge in [-0.3, -0.25) is 10.1 Å². The third kappa shape index (κ3) is 0.923. The number of nitrogens with zero attached hydrogens (tertiary/aromatic N) is 6. The molecule has 8 nitrogen and oxygen atoms in total. The van der Waals surface area contributed by atoms with Crippen molar-refractivity contribution in [3.8, 4) is 0 Å². The summed E-state index contributed by atoms with van der Waals surface area (Å²) < 4.78 is 2.63. The molecule has 74 valence electrons. The Balaban J connectivity index is 2.50. The molecule has 0 amide bonds. The fraction of sp³-hybridized carbons (Fsp3) is 0. The maximum atomic E-state index is 10.6. The standard InChI is InChI=1S/C7H4N6O2/c14-13(15)5-1-4-11-7-6(10-12(5)11)8-2-3-9-7/h1-4H. The number of nitro groups is 1. The molecule has 0 saturated heterocycles. The normalized spacial score (nSPS) is 11.2. The zero-order chi connectivity index (χ0) is 10.4. The summed E-state index contributed by atoms with van der Waals surface area (Å²) in [6, 6.07) is 1.36. The second-order valence-corrected chi connectivity index (χ2v) is 2.87. The topological polar surface area (TPSA) is 91.5 Å². The zero-order valence-electron chi connectivity index (χ0n) is 7.31. The number of hydrogen-bond acceptors (Lipinski definition) is 4. The molecule has 0 aliphatic heterocycles. The molecule has 3 rings (SSSR count). The molecule has 3 aromatic heterocycles. The van der Waals surface area contributed by atoms with Crippen LogP contribution in [0.5, 0.6) is 0 Å². The van der Waals surface area contributed by atoms with Crippen molar-refractivity contribution >= 4 is 17.1 Å². The fourth-order valence-electron chi connectivity index (χ4n) is 1.42. The predicted molar refractivity (Wildman–Crippen MR) is 46.1 cm³/mol. The van der Waals surface area contributed by atoms with Crippen molar-refractivity contribution in [1.82, 2.24) is 19.6 Å². The lowest BCUT2D eigenvalue weighted by Crippen LogP contribution is -2.32. The largest absolute Gasteiger partial charge is 0.533 e. The minimum Gasteiger partial charge on any atom is -0.361 e. The molecule has 8 heteroatoms. The van der Waals surface area contributed by atoms with E-state index in [9.17, 15) is 10.1 Å². The first-order valence-corrected chi connectivity index (χ1v) is 4.09. The Bertz CT molecular complexity index is 668. The van der Waals surface area contributed by atoms with Crippen LogP contribution in [-0.2, 0) is 0 Å². The summed E-state index contributed by atoms with van der Waals surface area (Å²) in [5, 5.41) is 14.6. The van der Waals surface area contributed by atoms with Gasteiger partial charge < -0.3 is 4.98 Å². The number of fused-ring (bicyclic) bond motifs is 3. The fourth-order valence-corrected chi connectivity index (χ4v) is 1.42. The molecule has 3 aromatic rings. The van der Waals surface area contributed by atoms with Gasteiger partial charge in [-0.15, -0.1) is 0 Å². The molecule has 3 heterocycles. The third-order valence-corrected chi connectivity index (χ3v) is 2.03. The Morgan fingerprint density at radius 1 is 1.47 bits per heavy atom. The Morgan fingerprint density at radius 2 is 2.27 bits per heavy atom. The Morgan fingerprint density at radius 3 is 3.07 bits per heavy atom. The van der Waals surface area contributed by atoms with Gasteiger partial charge in [-0.05, 0) is 6.20 Å². The van der Waals surface area contributed by atoms with Crippen molar-refractivity contribution in [1.29, 1.82) is 0 Å². The van der Waals surface area contributed by atoms with Crippen molar-refractivity contribution in [2.45, 2.75) is 0 Å². The highest BCUT2D eigenvalue weighted by Gasteiger charge is 2.22. The van der Waals surface area contributed by atoms with Crippen molar-refractivity contribution in [3.63, 3.8) is 0 Å². The average Bonchev–Trinajstić information content (AvgIpc) is 2.74. The van der Waals surface area contributed by atoms with Crippen molar-refractivity contribution < 1.29 is 9.55 Å². The molecule has 0 N–H and O–H groups in total. The van der Waals surface area contributed by atoms with Gasteiger partial charge in [0.2, 0.25) is 0 Å². The van der Waals surface area contributed by atoms with Gasteiger partial charge in [0.25, 0.3) is 0 Å². The van der Waals surface area contributed by atoms with E-state index in [0.29, 0.717) is 11.3 Å². The van der Waals surface area contributed by atoms with E-state index < -0.39 is 4.92 Å². The van der Waals surface area contributed by atoms with Crippen LogP contribution in [0.1, 0.15) is 0 Å². The second-order valence-electron chi connectivity index (χ2n) is 2.87. The molecule has 0 fully saturated rings. The SMILES string of the molecule is O=[N+]([O-])c1ccn2c3nccnc3[n-][n+]12. The lowest BCUT2D eigenvalue weighted by molar-refractivity contribution is -0.715. The lowest BCUT2D eigenvalue weighted by atomic mass is 10.6.